The van der Waals surface area contributed by atoms with Gasteiger partial charge in [-0.3, -0.25) is 0 Å². The number of hydrogen-bond acceptors (Lipinski definition) is 5. The third-order valence-corrected chi connectivity index (χ3v) is 19.5. The zero-order chi connectivity index (χ0) is 32.1. The first-order valence-corrected chi connectivity index (χ1v) is 23.1. The third-order valence-electron chi connectivity index (χ3n) is 10.2. The van der Waals surface area contributed by atoms with Gasteiger partial charge < -0.3 is 23.7 Å². The van der Waals surface area contributed by atoms with Gasteiger partial charge in [0, 0.05) is 52.4 Å². The Hall–Kier alpha value is -0.306. The highest BCUT2D eigenvalue weighted by Gasteiger charge is 2.42. The molecule has 13 heteroatoms. The fourth-order valence-corrected chi connectivity index (χ4v) is 16.9. The number of nitrogens with zero attached hydrogens (tertiary/aromatic N) is 4. The van der Waals surface area contributed by atoms with E-state index in [0.29, 0.717) is 0 Å². The Morgan fingerprint density at radius 1 is 0.490 bits per heavy atom. The van der Waals surface area contributed by atoms with Crippen molar-refractivity contribution in [3.63, 3.8) is 0 Å². The number of rotatable bonds is 18. The highest BCUT2D eigenvalue weighted by Crippen LogP contribution is 2.26. The standard InChI is InChI=1S/C36H60F2N4OSi2.4ClH/c1-5-7-19-39-23-27-41(28-24-39)21-9-31-44(3,35-15-11-33(37)12-16-35)43-45(4,36-17-13-34(38)14-18-36)32-10-22-42-29-25-40(26-30-42)20-8-6-2;;;;/h11-18H,5-10,19-32H2,1-4H3;4*1H. The lowest BCUT2D eigenvalue weighted by Gasteiger charge is -2.41. The molecule has 0 aliphatic carbocycles. The molecule has 2 atom stereocenters. The SMILES string of the molecule is CCCCN1CCN(CCC[Si](C)(O[Si](C)(CCCN2CCN(CCCC)CC2)c2ccc(F)cc2)c2ccc(F)cc2)CC1.Cl.Cl.Cl.Cl. The largest absolute Gasteiger partial charge is 0.448 e. The zero-order valence-electron chi connectivity index (χ0n) is 30.3. The molecular weight excluding hydrogens is 740 g/mol. The molecule has 49 heavy (non-hydrogen) atoms. The first-order valence-electron chi connectivity index (χ1n) is 17.8. The van der Waals surface area contributed by atoms with E-state index in [4.69, 9.17) is 4.12 Å². The van der Waals surface area contributed by atoms with Crippen molar-refractivity contribution in [3.8, 4) is 0 Å². The van der Waals surface area contributed by atoms with Crippen molar-refractivity contribution < 1.29 is 12.9 Å². The second-order valence-electron chi connectivity index (χ2n) is 13.9. The Bertz CT molecular complexity index is 1040. The average molecular weight is 805 g/mol. The van der Waals surface area contributed by atoms with Crippen LogP contribution in [-0.4, -0.2) is 115 Å². The molecule has 0 radical (unpaired) electrons. The van der Waals surface area contributed by atoms with Crippen molar-refractivity contribution in [1.82, 2.24) is 19.6 Å². The van der Waals surface area contributed by atoms with E-state index in [1.54, 1.807) is 24.3 Å². The maximum Gasteiger partial charge on any atom is 0.209 e. The van der Waals surface area contributed by atoms with Crippen molar-refractivity contribution in [2.24, 2.45) is 0 Å². The Morgan fingerprint density at radius 2 is 0.755 bits per heavy atom. The molecule has 284 valence electrons. The number of piperazine rings is 2. The van der Waals surface area contributed by atoms with Crippen LogP contribution in [0.15, 0.2) is 48.5 Å². The summed E-state index contributed by atoms with van der Waals surface area (Å²) in [5.74, 6) is -0.409. The molecule has 2 saturated heterocycles. The van der Waals surface area contributed by atoms with Crippen molar-refractivity contribution in [3.05, 3.63) is 60.2 Å². The van der Waals surface area contributed by atoms with Crippen molar-refractivity contribution in [2.75, 3.05) is 78.5 Å². The minimum atomic E-state index is -2.46. The molecule has 0 spiro atoms. The van der Waals surface area contributed by atoms with Crippen LogP contribution in [0.3, 0.4) is 0 Å². The van der Waals surface area contributed by atoms with Crippen LogP contribution < -0.4 is 10.4 Å². The summed E-state index contributed by atoms with van der Waals surface area (Å²) >= 11 is 0. The van der Waals surface area contributed by atoms with Gasteiger partial charge in [-0.05, 0) is 112 Å². The molecule has 2 aromatic rings. The van der Waals surface area contributed by atoms with Gasteiger partial charge in [-0.25, -0.2) is 8.78 Å². The molecule has 0 amide bonds. The smallest absolute Gasteiger partial charge is 0.209 e. The van der Waals surface area contributed by atoms with E-state index in [0.717, 1.165) is 101 Å². The Kier molecular flexibility index (Phi) is 24.7. The van der Waals surface area contributed by atoms with Crippen LogP contribution in [-0.2, 0) is 4.12 Å². The normalized spacial score (nSPS) is 18.6. The summed E-state index contributed by atoms with van der Waals surface area (Å²) in [6.45, 7) is 23.0. The summed E-state index contributed by atoms with van der Waals surface area (Å²) < 4.78 is 35.7. The highest BCUT2D eigenvalue weighted by molar-refractivity contribution is 6.97. The van der Waals surface area contributed by atoms with E-state index >= 15 is 0 Å². The second-order valence-corrected chi connectivity index (χ2v) is 21.8. The van der Waals surface area contributed by atoms with Gasteiger partial charge in [0.25, 0.3) is 0 Å². The topological polar surface area (TPSA) is 22.2 Å². The van der Waals surface area contributed by atoms with Crippen molar-refractivity contribution in [2.45, 2.75) is 77.6 Å². The van der Waals surface area contributed by atoms with E-state index < -0.39 is 16.6 Å². The molecule has 5 nitrogen and oxygen atoms in total. The lowest BCUT2D eigenvalue weighted by molar-refractivity contribution is 0.131. The van der Waals surface area contributed by atoms with Gasteiger partial charge in [0.05, 0.1) is 0 Å². The third kappa shape index (κ3) is 15.7. The van der Waals surface area contributed by atoms with Crippen molar-refractivity contribution >= 4 is 76.6 Å². The molecule has 2 aliphatic heterocycles. The van der Waals surface area contributed by atoms with E-state index in [-0.39, 0.29) is 61.3 Å². The second kappa shape index (κ2) is 24.8. The summed E-state index contributed by atoms with van der Waals surface area (Å²) in [6, 6.07) is 16.2. The molecule has 4 rings (SSSR count). The van der Waals surface area contributed by atoms with Gasteiger partial charge in [0.1, 0.15) is 11.6 Å². The average Bonchev–Trinajstić information content (AvgIpc) is 3.04. The van der Waals surface area contributed by atoms with Crippen LogP contribution in [0.2, 0.25) is 25.2 Å². The van der Waals surface area contributed by atoms with Crippen LogP contribution in [0.5, 0.6) is 0 Å². The Labute approximate surface area is 323 Å². The van der Waals surface area contributed by atoms with Gasteiger partial charge in [-0.2, -0.15) is 0 Å². The van der Waals surface area contributed by atoms with Crippen LogP contribution in [0.25, 0.3) is 0 Å². The molecule has 0 N–H and O–H groups in total. The van der Waals surface area contributed by atoms with Crippen LogP contribution >= 0.6 is 49.6 Å². The first kappa shape index (κ1) is 48.7. The summed E-state index contributed by atoms with van der Waals surface area (Å²) in [5.41, 5.74) is 0. The van der Waals surface area contributed by atoms with Gasteiger partial charge in [-0.15, -0.1) is 49.6 Å². The number of hydrogen-bond donors (Lipinski definition) is 0. The van der Waals surface area contributed by atoms with Gasteiger partial charge >= 0.3 is 0 Å². The molecular formula is C36H64Cl4F2N4OSi2. The van der Waals surface area contributed by atoms with Crippen LogP contribution in [0.1, 0.15) is 52.4 Å². The molecule has 0 aromatic heterocycles. The fraction of sp³-hybridized carbons (Fsp3) is 0.667. The lowest BCUT2D eigenvalue weighted by Crippen LogP contribution is -2.61. The predicted octanol–water partition coefficient (Wildman–Crippen LogP) is 7.55. The van der Waals surface area contributed by atoms with E-state index in [9.17, 15) is 8.78 Å². The summed E-state index contributed by atoms with van der Waals surface area (Å²) in [4.78, 5) is 10.4. The minimum Gasteiger partial charge on any atom is -0.448 e. The van der Waals surface area contributed by atoms with Crippen LogP contribution in [0, 0.1) is 11.6 Å². The quantitative estimate of drug-likeness (QED) is 0.145. The maximum atomic E-state index is 14.1. The minimum absolute atomic E-state index is 0. The van der Waals surface area contributed by atoms with Gasteiger partial charge in [0.15, 0.2) is 0 Å². The lowest BCUT2D eigenvalue weighted by atomic mass is 10.2. The molecule has 2 unspecified atom stereocenters. The summed E-state index contributed by atoms with van der Waals surface area (Å²) in [7, 11) is -4.93. The summed E-state index contributed by atoms with van der Waals surface area (Å²) in [6.07, 6.45) is 7.22. The van der Waals surface area contributed by atoms with E-state index in [1.165, 1.54) is 38.8 Å². The van der Waals surface area contributed by atoms with Crippen LogP contribution in [0.4, 0.5) is 8.78 Å². The van der Waals surface area contributed by atoms with Crippen molar-refractivity contribution in [1.29, 1.82) is 0 Å². The zero-order valence-corrected chi connectivity index (χ0v) is 35.6. The molecule has 2 aliphatic rings. The molecule has 2 aromatic carbocycles. The molecule has 0 saturated carbocycles. The molecule has 2 heterocycles. The van der Waals surface area contributed by atoms with Gasteiger partial charge in [0.2, 0.25) is 16.6 Å². The Morgan fingerprint density at radius 3 is 1.02 bits per heavy atom. The van der Waals surface area contributed by atoms with E-state index in [1.807, 2.05) is 24.3 Å². The Balaban J connectivity index is 0.00000576. The monoisotopic (exact) mass is 802 g/mol. The summed E-state index contributed by atoms with van der Waals surface area (Å²) in [5, 5.41) is 2.33. The molecule has 2 fully saturated rings. The van der Waals surface area contributed by atoms with E-state index in [2.05, 4.69) is 46.5 Å². The highest BCUT2D eigenvalue weighted by atomic mass is 35.5. The van der Waals surface area contributed by atoms with Gasteiger partial charge in [-0.1, -0.05) is 51.0 Å². The number of benzene rings is 2. The number of halogens is 6. The number of unbranched alkanes of at least 4 members (excludes halogenated alkanes) is 2. The maximum absolute atomic E-state index is 14.1. The first-order chi connectivity index (χ1) is 21.7. The predicted molar refractivity (Wildman–Crippen MR) is 220 cm³/mol. The molecule has 0 bridgehead atoms. The fourth-order valence-electron chi connectivity index (χ4n) is 7.13.